The van der Waals surface area contributed by atoms with E-state index in [2.05, 4.69) is 0 Å². The normalized spacial score (nSPS) is 11.7. The van der Waals surface area contributed by atoms with Gasteiger partial charge in [0, 0.05) is 11.9 Å². The lowest BCUT2D eigenvalue weighted by Crippen LogP contribution is -2.15. The summed E-state index contributed by atoms with van der Waals surface area (Å²) in [4.78, 5) is 0.309. The van der Waals surface area contributed by atoms with Crippen molar-refractivity contribution >= 4 is 10.0 Å². The number of nitrogens with zero attached hydrogens (tertiary/aromatic N) is 1. The van der Waals surface area contributed by atoms with Crippen LogP contribution in [-0.4, -0.2) is 18.9 Å². The van der Waals surface area contributed by atoms with Gasteiger partial charge in [0.25, 0.3) is 10.0 Å². The maximum atomic E-state index is 12.5. The fourth-order valence-corrected chi connectivity index (χ4v) is 3.34. The van der Waals surface area contributed by atoms with Gasteiger partial charge in [-0.25, -0.2) is 12.4 Å². The third kappa shape index (κ3) is 2.88. The van der Waals surface area contributed by atoms with Gasteiger partial charge in [0.15, 0.2) is 0 Å². The molecule has 1 aromatic carbocycles. The topological polar surface area (TPSA) is 65.1 Å². The van der Waals surface area contributed by atoms with Crippen molar-refractivity contribution in [2.75, 3.05) is 6.54 Å². The molecule has 0 spiro atoms. The second kappa shape index (κ2) is 5.59. The predicted octanol–water partition coefficient (Wildman–Crippen LogP) is 1.92. The third-order valence-electron chi connectivity index (χ3n) is 3.01. The van der Waals surface area contributed by atoms with E-state index in [4.69, 9.17) is 5.73 Å². The summed E-state index contributed by atoms with van der Waals surface area (Å²) < 4.78 is 26.4. The number of aromatic nitrogens is 1. The molecule has 0 aliphatic carbocycles. The van der Waals surface area contributed by atoms with Gasteiger partial charge < -0.3 is 5.73 Å². The summed E-state index contributed by atoms with van der Waals surface area (Å²) in [6.45, 7) is 2.48. The van der Waals surface area contributed by atoms with Gasteiger partial charge in [-0.15, -0.1) is 0 Å². The first-order valence-electron chi connectivity index (χ1n) is 6.24. The third-order valence-corrected chi connectivity index (χ3v) is 4.75. The van der Waals surface area contributed by atoms with Crippen LogP contribution < -0.4 is 5.73 Å². The van der Waals surface area contributed by atoms with Crippen LogP contribution in [0.5, 0.6) is 0 Å². The summed E-state index contributed by atoms with van der Waals surface area (Å²) in [5.41, 5.74) is 7.28. The lowest BCUT2D eigenvalue weighted by Gasteiger charge is -2.10. The number of benzene rings is 1. The molecule has 0 aliphatic heterocycles. The van der Waals surface area contributed by atoms with E-state index in [9.17, 15) is 8.42 Å². The number of aryl methyl sites for hydroxylation is 2. The zero-order valence-electron chi connectivity index (χ0n) is 10.9. The molecule has 0 saturated heterocycles. The number of hydrogen-bond donors (Lipinski definition) is 1. The maximum absolute atomic E-state index is 12.5. The maximum Gasteiger partial charge on any atom is 0.267 e. The first-order chi connectivity index (χ1) is 9.05. The first kappa shape index (κ1) is 13.8. The fourth-order valence-electron chi connectivity index (χ4n) is 1.94. The van der Waals surface area contributed by atoms with Gasteiger partial charge in [-0.05, 0) is 50.6 Å². The smallest absolute Gasteiger partial charge is 0.267 e. The minimum atomic E-state index is -3.50. The Kier molecular flexibility index (Phi) is 4.07. The van der Waals surface area contributed by atoms with Crippen molar-refractivity contribution in [1.29, 1.82) is 0 Å². The highest BCUT2D eigenvalue weighted by atomic mass is 32.2. The van der Waals surface area contributed by atoms with Gasteiger partial charge in [-0.3, -0.25) is 0 Å². The Bertz CT molecular complexity index is 642. The van der Waals surface area contributed by atoms with Crippen LogP contribution in [0.3, 0.4) is 0 Å². The molecule has 2 aromatic rings. The van der Waals surface area contributed by atoms with Crippen LogP contribution in [0.1, 0.15) is 17.7 Å². The van der Waals surface area contributed by atoms with Crippen molar-refractivity contribution in [1.82, 2.24) is 3.97 Å². The molecular weight excluding hydrogens is 260 g/mol. The van der Waals surface area contributed by atoms with Crippen LogP contribution in [-0.2, 0) is 16.4 Å². The highest BCUT2D eigenvalue weighted by Crippen LogP contribution is 2.18. The Morgan fingerprint density at radius 1 is 1.16 bits per heavy atom. The first-order valence-corrected chi connectivity index (χ1v) is 7.68. The van der Waals surface area contributed by atoms with E-state index in [0.717, 1.165) is 17.7 Å². The zero-order chi connectivity index (χ0) is 13.9. The van der Waals surface area contributed by atoms with Gasteiger partial charge in [0.1, 0.15) is 0 Å². The molecule has 1 aromatic heterocycles. The van der Waals surface area contributed by atoms with Crippen LogP contribution in [0.15, 0.2) is 47.5 Å². The van der Waals surface area contributed by atoms with Crippen LogP contribution in [0, 0.1) is 6.92 Å². The fraction of sp³-hybridized carbons (Fsp3) is 0.286. The van der Waals surface area contributed by atoms with Gasteiger partial charge in [-0.1, -0.05) is 17.7 Å². The summed E-state index contributed by atoms with van der Waals surface area (Å²) >= 11 is 0. The van der Waals surface area contributed by atoms with Crippen LogP contribution in [0.2, 0.25) is 0 Å². The molecule has 2 rings (SSSR count). The Morgan fingerprint density at radius 2 is 1.84 bits per heavy atom. The molecule has 5 heteroatoms. The van der Waals surface area contributed by atoms with E-state index >= 15 is 0 Å². The van der Waals surface area contributed by atoms with Crippen LogP contribution >= 0.6 is 0 Å². The number of hydrogen-bond acceptors (Lipinski definition) is 3. The second-order valence-electron chi connectivity index (χ2n) is 4.51. The van der Waals surface area contributed by atoms with Crippen molar-refractivity contribution in [3.8, 4) is 0 Å². The number of rotatable bonds is 5. The van der Waals surface area contributed by atoms with Crippen molar-refractivity contribution in [2.45, 2.75) is 24.7 Å². The Hall–Kier alpha value is -1.59. The summed E-state index contributed by atoms with van der Waals surface area (Å²) in [7, 11) is -3.50. The molecule has 0 fully saturated rings. The Balaban J connectivity index is 2.39. The highest BCUT2D eigenvalue weighted by molar-refractivity contribution is 7.90. The average Bonchev–Trinajstić information content (AvgIpc) is 2.86. The van der Waals surface area contributed by atoms with Gasteiger partial charge >= 0.3 is 0 Å². The van der Waals surface area contributed by atoms with Crippen molar-refractivity contribution < 1.29 is 8.42 Å². The average molecular weight is 278 g/mol. The number of nitrogens with two attached hydrogens (primary N) is 1. The quantitative estimate of drug-likeness (QED) is 0.908. The molecule has 0 amide bonds. The minimum Gasteiger partial charge on any atom is -0.330 e. The highest BCUT2D eigenvalue weighted by Gasteiger charge is 2.18. The summed E-state index contributed by atoms with van der Waals surface area (Å²) in [5, 5.41) is 0. The molecule has 0 saturated carbocycles. The molecule has 2 N–H and O–H groups in total. The minimum absolute atomic E-state index is 0.309. The molecule has 0 radical (unpaired) electrons. The van der Waals surface area contributed by atoms with E-state index in [1.807, 2.05) is 13.0 Å². The monoisotopic (exact) mass is 278 g/mol. The summed E-state index contributed by atoms with van der Waals surface area (Å²) in [5.74, 6) is 0. The molecule has 1 heterocycles. The van der Waals surface area contributed by atoms with Gasteiger partial charge in [0.2, 0.25) is 0 Å². The predicted molar refractivity (Wildman–Crippen MR) is 75.6 cm³/mol. The molecule has 0 bridgehead atoms. The van der Waals surface area contributed by atoms with Crippen molar-refractivity contribution in [3.63, 3.8) is 0 Å². The van der Waals surface area contributed by atoms with E-state index < -0.39 is 10.0 Å². The summed E-state index contributed by atoms with van der Waals surface area (Å²) in [6, 6.07) is 10.4. The Labute approximate surface area is 113 Å². The SMILES string of the molecule is Cc1ccc(S(=O)(=O)n2cccc2CCCN)cc1. The van der Waals surface area contributed by atoms with Gasteiger partial charge in [0.05, 0.1) is 4.90 Å². The van der Waals surface area contributed by atoms with E-state index in [1.54, 1.807) is 36.5 Å². The molecule has 0 atom stereocenters. The lowest BCUT2D eigenvalue weighted by atomic mass is 10.2. The molecular formula is C14H18N2O2S. The Morgan fingerprint density at radius 3 is 2.47 bits per heavy atom. The molecule has 102 valence electrons. The van der Waals surface area contributed by atoms with E-state index in [0.29, 0.717) is 17.9 Å². The van der Waals surface area contributed by atoms with Gasteiger partial charge in [-0.2, -0.15) is 0 Å². The van der Waals surface area contributed by atoms with E-state index in [1.165, 1.54) is 3.97 Å². The molecule has 19 heavy (non-hydrogen) atoms. The van der Waals surface area contributed by atoms with E-state index in [-0.39, 0.29) is 0 Å². The summed E-state index contributed by atoms with van der Waals surface area (Å²) in [6.07, 6.45) is 3.02. The van der Waals surface area contributed by atoms with Crippen molar-refractivity contribution in [3.05, 3.63) is 53.9 Å². The molecule has 4 nitrogen and oxygen atoms in total. The largest absolute Gasteiger partial charge is 0.330 e. The van der Waals surface area contributed by atoms with Crippen LogP contribution in [0.25, 0.3) is 0 Å². The standard InChI is InChI=1S/C14H18N2O2S/c1-12-6-8-14(9-7-12)19(17,18)16-11-3-5-13(16)4-2-10-15/h3,5-9,11H,2,4,10,15H2,1H3. The second-order valence-corrected chi connectivity index (χ2v) is 6.32. The lowest BCUT2D eigenvalue weighted by molar-refractivity contribution is 0.584. The molecule has 0 aliphatic rings. The zero-order valence-corrected chi connectivity index (χ0v) is 11.7. The molecule has 0 unspecified atom stereocenters. The van der Waals surface area contributed by atoms with Crippen LogP contribution in [0.4, 0.5) is 0 Å². The van der Waals surface area contributed by atoms with Crippen molar-refractivity contribution in [2.24, 2.45) is 5.73 Å².